The lowest BCUT2D eigenvalue weighted by molar-refractivity contribution is -0.139. The molecule has 0 saturated heterocycles. The van der Waals surface area contributed by atoms with Gasteiger partial charge in [0.15, 0.2) is 0 Å². The highest BCUT2D eigenvalue weighted by Gasteiger charge is 2.34. The molecule has 0 spiro atoms. The Hall–Kier alpha value is -3.27. The van der Waals surface area contributed by atoms with E-state index >= 15 is 0 Å². The van der Waals surface area contributed by atoms with Gasteiger partial charge < -0.3 is 15.0 Å². The number of sulfonamides is 1. The van der Waals surface area contributed by atoms with Gasteiger partial charge in [0.1, 0.15) is 18.3 Å². The van der Waals surface area contributed by atoms with Crippen LogP contribution >= 0.6 is 23.2 Å². The SMILES string of the molecule is CCCCNC(=O)C(C)N(Cc1c(Cl)cccc1Cl)C(=O)CN(c1ccccc1OC)S(=O)(=O)c1ccccc1. The summed E-state index contributed by atoms with van der Waals surface area (Å²) in [5, 5.41) is 3.49. The molecule has 0 aliphatic rings. The lowest BCUT2D eigenvalue weighted by Gasteiger charge is -2.32. The Kier molecular flexibility index (Phi) is 11.2. The summed E-state index contributed by atoms with van der Waals surface area (Å²) in [6.45, 7) is 3.33. The van der Waals surface area contributed by atoms with Gasteiger partial charge in [0.2, 0.25) is 11.8 Å². The molecule has 0 aromatic heterocycles. The number of rotatable bonds is 13. The zero-order chi connectivity index (χ0) is 29.3. The Morgan fingerprint density at radius 3 is 2.20 bits per heavy atom. The second-order valence-corrected chi connectivity index (χ2v) is 11.7. The van der Waals surface area contributed by atoms with Crippen molar-refractivity contribution in [2.75, 3.05) is 24.5 Å². The molecule has 8 nitrogen and oxygen atoms in total. The van der Waals surface area contributed by atoms with E-state index < -0.39 is 28.5 Å². The van der Waals surface area contributed by atoms with Gasteiger partial charge in [-0.25, -0.2) is 8.42 Å². The maximum Gasteiger partial charge on any atom is 0.264 e. The number of para-hydroxylation sites is 2. The highest BCUT2D eigenvalue weighted by atomic mass is 35.5. The molecule has 3 aromatic rings. The fraction of sp³-hybridized carbons (Fsp3) is 0.310. The number of ether oxygens (including phenoxy) is 1. The highest BCUT2D eigenvalue weighted by molar-refractivity contribution is 7.92. The third-order valence-electron chi connectivity index (χ3n) is 6.35. The molecule has 40 heavy (non-hydrogen) atoms. The monoisotopic (exact) mass is 605 g/mol. The number of hydrogen-bond acceptors (Lipinski definition) is 5. The van der Waals surface area contributed by atoms with E-state index in [2.05, 4.69) is 5.32 Å². The van der Waals surface area contributed by atoms with Gasteiger partial charge in [-0.15, -0.1) is 0 Å². The second kappa shape index (κ2) is 14.4. The molecular formula is C29H33Cl2N3O5S. The Bertz CT molecular complexity index is 1400. The number of hydrogen-bond donors (Lipinski definition) is 1. The highest BCUT2D eigenvalue weighted by Crippen LogP contribution is 2.33. The zero-order valence-electron chi connectivity index (χ0n) is 22.6. The minimum Gasteiger partial charge on any atom is -0.495 e. The number of halogens is 2. The summed E-state index contributed by atoms with van der Waals surface area (Å²) in [6, 6.07) is 18.3. The topological polar surface area (TPSA) is 96.0 Å². The number of carbonyl (C=O) groups is 2. The fourth-order valence-corrected chi connectivity index (χ4v) is 6.00. The van der Waals surface area contributed by atoms with Crippen molar-refractivity contribution >= 4 is 50.7 Å². The van der Waals surface area contributed by atoms with Crippen LogP contribution in [0.1, 0.15) is 32.3 Å². The summed E-state index contributed by atoms with van der Waals surface area (Å²) in [7, 11) is -2.80. The smallest absolute Gasteiger partial charge is 0.264 e. The van der Waals surface area contributed by atoms with Crippen molar-refractivity contribution < 1.29 is 22.7 Å². The van der Waals surface area contributed by atoms with E-state index in [1.165, 1.54) is 24.1 Å². The van der Waals surface area contributed by atoms with Gasteiger partial charge in [-0.2, -0.15) is 0 Å². The van der Waals surface area contributed by atoms with Gasteiger partial charge in [0.25, 0.3) is 10.0 Å². The number of nitrogens with zero attached hydrogens (tertiary/aromatic N) is 2. The van der Waals surface area contributed by atoms with Gasteiger partial charge in [0, 0.05) is 28.7 Å². The molecule has 214 valence electrons. The molecule has 0 bridgehead atoms. The van der Waals surface area contributed by atoms with Crippen LogP contribution in [0.3, 0.4) is 0 Å². The summed E-state index contributed by atoms with van der Waals surface area (Å²) in [4.78, 5) is 28.4. The molecular weight excluding hydrogens is 573 g/mol. The Morgan fingerprint density at radius 2 is 1.57 bits per heavy atom. The number of methoxy groups -OCH3 is 1. The molecule has 1 N–H and O–H groups in total. The average Bonchev–Trinajstić information content (AvgIpc) is 2.95. The van der Waals surface area contributed by atoms with Crippen molar-refractivity contribution in [3.63, 3.8) is 0 Å². The van der Waals surface area contributed by atoms with Crippen molar-refractivity contribution in [1.82, 2.24) is 10.2 Å². The van der Waals surface area contributed by atoms with Crippen molar-refractivity contribution in [3.05, 3.63) is 88.4 Å². The van der Waals surface area contributed by atoms with E-state index in [-0.39, 0.29) is 28.8 Å². The first-order valence-corrected chi connectivity index (χ1v) is 15.0. The first kappa shape index (κ1) is 31.3. The first-order valence-electron chi connectivity index (χ1n) is 12.8. The summed E-state index contributed by atoms with van der Waals surface area (Å²) in [5.41, 5.74) is 0.625. The molecule has 0 aliphatic carbocycles. The number of carbonyl (C=O) groups excluding carboxylic acids is 2. The number of benzene rings is 3. The molecule has 0 aliphatic heterocycles. The summed E-state index contributed by atoms with van der Waals surface area (Å²) >= 11 is 12.8. The molecule has 3 rings (SSSR count). The lowest BCUT2D eigenvalue weighted by atomic mass is 10.1. The van der Waals surface area contributed by atoms with Crippen LogP contribution in [0.4, 0.5) is 5.69 Å². The Balaban J connectivity index is 2.06. The normalized spacial score (nSPS) is 11.9. The van der Waals surface area contributed by atoms with Crippen molar-refractivity contribution in [3.8, 4) is 5.75 Å². The van der Waals surface area contributed by atoms with E-state index in [1.807, 2.05) is 6.92 Å². The van der Waals surface area contributed by atoms with Crippen LogP contribution in [-0.2, 0) is 26.2 Å². The lowest BCUT2D eigenvalue weighted by Crippen LogP contribution is -2.51. The van der Waals surface area contributed by atoms with Crippen LogP contribution in [0.25, 0.3) is 0 Å². The van der Waals surface area contributed by atoms with E-state index in [4.69, 9.17) is 27.9 Å². The largest absolute Gasteiger partial charge is 0.495 e. The molecule has 0 saturated carbocycles. The van der Waals surface area contributed by atoms with Gasteiger partial charge in [-0.1, -0.05) is 72.9 Å². The Morgan fingerprint density at radius 1 is 0.950 bits per heavy atom. The van der Waals surface area contributed by atoms with Gasteiger partial charge in [-0.05, 0) is 49.7 Å². The van der Waals surface area contributed by atoms with Crippen molar-refractivity contribution in [1.29, 1.82) is 0 Å². The van der Waals surface area contributed by atoms with Crippen LogP contribution in [0.5, 0.6) is 5.75 Å². The molecule has 3 aromatic carbocycles. The molecule has 0 heterocycles. The summed E-state index contributed by atoms with van der Waals surface area (Å²) in [5.74, 6) is -0.736. The van der Waals surface area contributed by atoms with Crippen LogP contribution in [0.2, 0.25) is 10.0 Å². The molecule has 1 atom stereocenters. The number of unbranched alkanes of at least 4 members (excludes halogenated alkanes) is 1. The maximum atomic E-state index is 14.0. The Labute approximate surface area is 245 Å². The third-order valence-corrected chi connectivity index (χ3v) is 8.83. The summed E-state index contributed by atoms with van der Waals surface area (Å²) in [6.07, 6.45) is 1.66. The predicted molar refractivity (Wildman–Crippen MR) is 158 cm³/mol. The van der Waals surface area contributed by atoms with Crippen LogP contribution in [0.15, 0.2) is 77.7 Å². The minimum absolute atomic E-state index is 0.000221. The molecule has 0 fully saturated rings. The van der Waals surface area contributed by atoms with Crippen molar-refractivity contribution in [2.24, 2.45) is 0 Å². The zero-order valence-corrected chi connectivity index (χ0v) is 25.0. The third kappa shape index (κ3) is 7.47. The number of nitrogens with one attached hydrogen (secondary N) is 1. The van der Waals surface area contributed by atoms with Crippen LogP contribution < -0.4 is 14.4 Å². The summed E-state index contributed by atoms with van der Waals surface area (Å²) < 4.78 is 34.2. The number of anilines is 1. The minimum atomic E-state index is -4.21. The predicted octanol–water partition coefficient (Wildman–Crippen LogP) is 5.53. The van der Waals surface area contributed by atoms with Gasteiger partial charge >= 0.3 is 0 Å². The molecule has 1 unspecified atom stereocenters. The van der Waals surface area contributed by atoms with E-state index in [0.29, 0.717) is 22.2 Å². The van der Waals surface area contributed by atoms with E-state index in [1.54, 1.807) is 67.6 Å². The first-order chi connectivity index (χ1) is 19.1. The second-order valence-electron chi connectivity index (χ2n) is 9.04. The van der Waals surface area contributed by atoms with Crippen LogP contribution in [-0.4, -0.2) is 51.4 Å². The molecule has 0 radical (unpaired) electrons. The van der Waals surface area contributed by atoms with E-state index in [9.17, 15) is 18.0 Å². The standard InChI is InChI=1S/C29H33Cl2N3O5S/c1-4-5-18-32-29(36)21(2)33(19-23-24(30)14-11-15-25(23)31)28(35)20-34(26-16-9-10-17-27(26)39-3)40(37,38)22-12-7-6-8-13-22/h6-17,21H,4-5,18-20H2,1-3H3,(H,32,36). The average molecular weight is 607 g/mol. The molecule has 11 heteroatoms. The van der Waals surface area contributed by atoms with Crippen LogP contribution in [0, 0.1) is 0 Å². The fourth-order valence-electron chi connectivity index (χ4n) is 4.04. The molecule has 2 amide bonds. The van der Waals surface area contributed by atoms with Gasteiger partial charge in [-0.3, -0.25) is 13.9 Å². The van der Waals surface area contributed by atoms with E-state index in [0.717, 1.165) is 17.1 Å². The van der Waals surface area contributed by atoms with Crippen molar-refractivity contribution in [2.45, 2.75) is 44.2 Å². The quantitative estimate of drug-likeness (QED) is 0.258. The number of amides is 2. The maximum absolute atomic E-state index is 14.0. The van der Waals surface area contributed by atoms with Gasteiger partial charge in [0.05, 0.1) is 17.7 Å².